The normalized spacial score (nSPS) is 14.1. The fourth-order valence-corrected chi connectivity index (χ4v) is 6.64. The second-order valence-corrected chi connectivity index (χ2v) is 12.7. The van der Waals surface area contributed by atoms with Gasteiger partial charge in [-0.05, 0) is 80.8 Å². The van der Waals surface area contributed by atoms with E-state index in [1.807, 2.05) is 12.1 Å². The summed E-state index contributed by atoms with van der Waals surface area (Å²) < 4.78 is 40.2. The lowest BCUT2D eigenvalue weighted by Gasteiger charge is -2.33. The van der Waals surface area contributed by atoms with Gasteiger partial charge in [0.2, 0.25) is 11.8 Å². The van der Waals surface area contributed by atoms with Gasteiger partial charge in [-0.2, -0.15) is 0 Å². The SMILES string of the molecule is CCOc1ccccc1N(CC(=O)N(Cc1ccc(OC)cc1)C(C)C(=O)NC1CCCC1)S(=O)(=O)c1ccc(Cl)cc1. The first-order valence-electron chi connectivity index (χ1n) is 14.4. The quantitative estimate of drug-likeness (QED) is 0.271. The van der Waals surface area contributed by atoms with Crippen LogP contribution in [0, 0.1) is 0 Å². The molecule has 1 unspecified atom stereocenters. The van der Waals surface area contributed by atoms with E-state index in [0.717, 1.165) is 35.6 Å². The number of hydrogen-bond donors (Lipinski definition) is 1. The molecule has 1 aliphatic rings. The molecule has 9 nitrogen and oxygen atoms in total. The van der Waals surface area contributed by atoms with Gasteiger partial charge in [0.15, 0.2) is 0 Å². The smallest absolute Gasteiger partial charge is 0.264 e. The minimum absolute atomic E-state index is 0.0373. The number of carbonyl (C=O) groups excluding carboxylic acids is 2. The number of para-hydroxylation sites is 2. The zero-order valence-corrected chi connectivity index (χ0v) is 26.2. The molecule has 0 bridgehead atoms. The van der Waals surface area contributed by atoms with Crippen molar-refractivity contribution in [3.05, 3.63) is 83.4 Å². The van der Waals surface area contributed by atoms with Crippen molar-refractivity contribution >= 4 is 39.1 Å². The van der Waals surface area contributed by atoms with Gasteiger partial charge in [-0.1, -0.05) is 48.7 Å². The number of rotatable bonds is 13. The van der Waals surface area contributed by atoms with Crippen LogP contribution in [0.1, 0.15) is 45.1 Å². The first kappa shape index (κ1) is 32.2. The van der Waals surface area contributed by atoms with Crippen LogP contribution in [0.4, 0.5) is 5.69 Å². The van der Waals surface area contributed by atoms with Crippen LogP contribution in [0.5, 0.6) is 11.5 Å². The second-order valence-electron chi connectivity index (χ2n) is 10.4. The third-order valence-corrected chi connectivity index (χ3v) is 9.52. The van der Waals surface area contributed by atoms with Crippen molar-refractivity contribution in [2.75, 3.05) is 24.6 Å². The number of ether oxygens (including phenoxy) is 2. The summed E-state index contributed by atoms with van der Waals surface area (Å²) >= 11 is 6.04. The van der Waals surface area contributed by atoms with Crippen molar-refractivity contribution in [3.8, 4) is 11.5 Å². The molecule has 1 aliphatic carbocycles. The molecule has 0 aliphatic heterocycles. The molecule has 0 heterocycles. The average molecular weight is 628 g/mol. The predicted molar refractivity (Wildman–Crippen MR) is 167 cm³/mol. The predicted octanol–water partition coefficient (Wildman–Crippen LogP) is 5.42. The van der Waals surface area contributed by atoms with E-state index in [2.05, 4.69) is 5.32 Å². The fourth-order valence-electron chi connectivity index (χ4n) is 5.09. The molecule has 3 aromatic rings. The molecule has 0 radical (unpaired) electrons. The first-order valence-corrected chi connectivity index (χ1v) is 16.2. The lowest BCUT2D eigenvalue weighted by Crippen LogP contribution is -2.52. The maximum atomic E-state index is 14.2. The summed E-state index contributed by atoms with van der Waals surface area (Å²) in [7, 11) is -2.69. The Bertz CT molecular complexity index is 1490. The minimum atomic E-state index is -4.26. The monoisotopic (exact) mass is 627 g/mol. The van der Waals surface area contributed by atoms with Crippen molar-refractivity contribution in [1.29, 1.82) is 0 Å². The zero-order chi connectivity index (χ0) is 31.0. The molecule has 0 aromatic heterocycles. The van der Waals surface area contributed by atoms with Gasteiger partial charge in [-0.15, -0.1) is 0 Å². The Kier molecular flexibility index (Phi) is 10.9. The molecule has 11 heteroatoms. The minimum Gasteiger partial charge on any atom is -0.497 e. The highest BCUT2D eigenvalue weighted by atomic mass is 35.5. The molecular weight excluding hydrogens is 590 g/mol. The van der Waals surface area contributed by atoms with Crippen LogP contribution in [0.2, 0.25) is 5.02 Å². The highest BCUT2D eigenvalue weighted by Gasteiger charge is 2.34. The van der Waals surface area contributed by atoms with E-state index in [-0.39, 0.29) is 29.1 Å². The number of nitrogens with zero attached hydrogens (tertiary/aromatic N) is 2. The van der Waals surface area contributed by atoms with E-state index in [4.69, 9.17) is 21.1 Å². The van der Waals surface area contributed by atoms with Crippen LogP contribution in [-0.2, 0) is 26.2 Å². The Balaban J connectivity index is 1.72. The van der Waals surface area contributed by atoms with Crippen LogP contribution in [0.25, 0.3) is 0 Å². The zero-order valence-electron chi connectivity index (χ0n) is 24.7. The number of halogens is 1. The first-order chi connectivity index (χ1) is 20.6. The lowest BCUT2D eigenvalue weighted by atomic mass is 10.1. The van der Waals surface area contributed by atoms with Gasteiger partial charge in [0.05, 0.1) is 24.3 Å². The summed E-state index contributed by atoms with van der Waals surface area (Å²) in [4.78, 5) is 29.0. The van der Waals surface area contributed by atoms with Gasteiger partial charge < -0.3 is 19.7 Å². The average Bonchev–Trinajstić information content (AvgIpc) is 3.52. The number of anilines is 1. The van der Waals surface area contributed by atoms with Crippen molar-refractivity contribution in [2.45, 2.75) is 63.1 Å². The van der Waals surface area contributed by atoms with Gasteiger partial charge >= 0.3 is 0 Å². The molecule has 3 aromatic carbocycles. The Morgan fingerprint density at radius 3 is 2.28 bits per heavy atom. The number of benzene rings is 3. The fraction of sp³-hybridized carbons (Fsp3) is 0.375. The van der Waals surface area contributed by atoms with Gasteiger partial charge in [-0.25, -0.2) is 8.42 Å². The third-order valence-electron chi connectivity index (χ3n) is 7.50. The lowest BCUT2D eigenvalue weighted by molar-refractivity contribution is -0.139. The maximum absolute atomic E-state index is 14.2. The number of carbonyl (C=O) groups is 2. The standard InChI is InChI=1S/C32H38ClN3O6S/c1-4-42-30-12-8-7-11-29(30)36(43(39,40)28-19-15-25(33)16-20-28)22-31(37)35(21-24-13-17-27(41-3)18-14-24)23(2)32(38)34-26-9-5-6-10-26/h7-8,11-20,23,26H,4-6,9-10,21-22H2,1-3H3,(H,34,38). The molecule has 1 atom stereocenters. The van der Waals surface area contributed by atoms with Crippen molar-refractivity contribution < 1.29 is 27.5 Å². The number of hydrogen-bond acceptors (Lipinski definition) is 6. The summed E-state index contributed by atoms with van der Waals surface area (Å²) in [6.07, 6.45) is 3.88. The van der Waals surface area contributed by atoms with Gasteiger partial charge in [0, 0.05) is 17.6 Å². The van der Waals surface area contributed by atoms with Crippen LogP contribution >= 0.6 is 11.6 Å². The molecule has 0 spiro atoms. The molecule has 0 saturated heterocycles. The maximum Gasteiger partial charge on any atom is 0.264 e. The second kappa shape index (κ2) is 14.6. The molecule has 1 saturated carbocycles. The van der Waals surface area contributed by atoms with Crippen molar-refractivity contribution in [3.63, 3.8) is 0 Å². The molecule has 230 valence electrons. The van der Waals surface area contributed by atoms with Gasteiger partial charge in [0.1, 0.15) is 24.1 Å². The van der Waals surface area contributed by atoms with E-state index in [9.17, 15) is 18.0 Å². The number of methoxy groups -OCH3 is 1. The number of amides is 2. The van der Waals surface area contributed by atoms with E-state index < -0.39 is 28.5 Å². The largest absolute Gasteiger partial charge is 0.497 e. The Morgan fingerprint density at radius 2 is 1.65 bits per heavy atom. The van der Waals surface area contributed by atoms with Crippen molar-refractivity contribution in [2.24, 2.45) is 0 Å². The van der Waals surface area contributed by atoms with Gasteiger partial charge in [-0.3, -0.25) is 13.9 Å². The summed E-state index contributed by atoms with van der Waals surface area (Å²) in [5, 5.41) is 3.45. The highest BCUT2D eigenvalue weighted by Crippen LogP contribution is 2.33. The summed E-state index contributed by atoms with van der Waals surface area (Å²) in [5.74, 6) is 0.134. The molecular formula is C32H38ClN3O6S. The molecule has 1 fully saturated rings. The highest BCUT2D eigenvalue weighted by molar-refractivity contribution is 7.92. The topological polar surface area (TPSA) is 105 Å². The van der Waals surface area contributed by atoms with Crippen molar-refractivity contribution in [1.82, 2.24) is 10.2 Å². The Hall–Kier alpha value is -3.76. The van der Waals surface area contributed by atoms with Crippen LogP contribution in [0.15, 0.2) is 77.7 Å². The van der Waals surface area contributed by atoms with Crippen LogP contribution in [-0.4, -0.2) is 57.5 Å². The molecule has 1 N–H and O–H groups in total. The molecule has 4 rings (SSSR count). The van der Waals surface area contributed by atoms with Crippen LogP contribution < -0.4 is 19.1 Å². The van der Waals surface area contributed by atoms with E-state index in [1.165, 1.54) is 29.2 Å². The van der Waals surface area contributed by atoms with Crippen LogP contribution in [0.3, 0.4) is 0 Å². The van der Waals surface area contributed by atoms with Gasteiger partial charge in [0.25, 0.3) is 10.0 Å². The molecule has 43 heavy (non-hydrogen) atoms. The Morgan fingerprint density at radius 1 is 1.00 bits per heavy atom. The molecule has 2 amide bonds. The summed E-state index contributed by atoms with van der Waals surface area (Å²) in [6.45, 7) is 3.27. The van der Waals surface area contributed by atoms with E-state index >= 15 is 0 Å². The van der Waals surface area contributed by atoms with E-state index in [1.54, 1.807) is 57.4 Å². The van der Waals surface area contributed by atoms with E-state index in [0.29, 0.717) is 23.1 Å². The summed E-state index contributed by atoms with van der Waals surface area (Å²) in [5.41, 5.74) is 0.969. The Labute approximate surface area is 258 Å². The third kappa shape index (κ3) is 8.00. The number of nitrogens with one attached hydrogen (secondary N) is 1. The summed E-state index contributed by atoms with van der Waals surface area (Å²) in [6, 6.07) is 18.8. The number of sulfonamides is 1.